The number of ether oxygens (including phenoxy) is 2. The Kier molecular flexibility index (Phi) is 4.78. The van der Waals surface area contributed by atoms with E-state index in [1.807, 2.05) is 0 Å². The van der Waals surface area contributed by atoms with Crippen LogP contribution in [0.3, 0.4) is 0 Å². The predicted octanol–water partition coefficient (Wildman–Crippen LogP) is 3.03. The second kappa shape index (κ2) is 6.55. The molecule has 110 valence electrons. The van der Waals surface area contributed by atoms with Crippen molar-refractivity contribution in [3.05, 3.63) is 0 Å². The number of rotatable bonds is 5. The Morgan fingerprint density at radius 2 is 1.84 bits per heavy atom. The molecule has 1 aliphatic carbocycles. The Balaban J connectivity index is 1.28. The molecule has 0 amide bonds. The van der Waals surface area contributed by atoms with Gasteiger partial charge in [0.25, 0.3) is 0 Å². The first-order valence-electron chi connectivity index (χ1n) is 8.36. The van der Waals surface area contributed by atoms with Gasteiger partial charge in [0.2, 0.25) is 0 Å². The molecule has 1 saturated carbocycles. The van der Waals surface area contributed by atoms with Gasteiger partial charge in [-0.15, -0.1) is 0 Å². The fourth-order valence-corrected chi connectivity index (χ4v) is 3.99. The van der Waals surface area contributed by atoms with Crippen LogP contribution in [0.4, 0.5) is 0 Å². The van der Waals surface area contributed by atoms with Crippen molar-refractivity contribution in [1.82, 2.24) is 5.32 Å². The van der Waals surface area contributed by atoms with E-state index in [9.17, 15) is 0 Å². The van der Waals surface area contributed by atoms with Crippen LogP contribution in [-0.2, 0) is 9.47 Å². The first-order valence-corrected chi connectivity index (χ1v) is 8.36. The van der Waals surface area contributed by atoms with E-state index in [4.69, 9.17) is 9.47 Å². The molecule has 0 aromatic heterocycles. The van der Waals surface area contributed by atoms with Gasteiger partial charge in [0.05, 0.1) is 17.8 Å². The molecule has 3 rings (SSSR count). The van der Waals surface area contributed by atoms with Gasteiger partial charge in [-0.3, -0.25) is 0 Å². The van der Waals surface area contributed by atoms with Crippen molar-refractivity contribution in [2.45, 2.75) is 82.0 Å². The van der Waals surface area contributed by atoms with Gasteiger partial charge in [-0.25, -0.2) is 0 Å². The molecule has 0 aromatic rings. The van der Waals surface area contributed by atoms with Gasteiger partial charge in [0.15, 0.2) is 0 Å². The Labute approximate surface area is 117 Å². The fourth-order valence-electron chi connectivity index (χ4n) is 3.99. The maximum Gasteiger partial charge on any atom is 0.0708 e. The Morgan fingerprint density at radius 1 is 0.947 bits per heavy atom. The third-order valence-corrected chi connectivity index (χ3v) is 5.14. The topological polar surface area (TPSA) is 30.5 Å². The van der Waals surface area contributed by atoms with Gasteiger partial charge < -0.3 is 14.8 Å². The maximum atomic E-state index is 6.31. The van der Waals surface area contributed by atoms with E-state index in [2.05, 4.69) is 5.32 Å². The first-order chi connectivity index (χ1) is 9.36. The zero-order valence-corrected chi connectivity index (χ0v) is 12.2. The Bertz CT molecular complexity index is 270. The first kappa shape index (κ1) is 13.8. The Hall–Kier alpha value is -0.120. The monoisotopic (exact) mass is 267 g/mol. The van der Waals surface area contributed by atoms with Crippen molar-refractivity contribution in [3.8, 4) is 0 Å². The van der Waals surface area contributed by atoms with E-state index in [0.717, 1.165) is 26.1 Å². The predicted molar refractivity (Wildman–Crippen MR) is 76.4 cm³/mol. The summed E-state index contributed by atoms with van der Waals surface area (Å²) < 4.78 is 12.1. The van der Waals surface area contributed by atoms with Crippen molar-refractivity contribution in [3.63, 3.8) is 0 Å². The lowest BCUT2D eigenvalue weighted by atomic mass is 9.98. The minimum Gasteiger partial charge on any atom is -0.378 e. The van der Waals surface area contributed by atoms with Crippen LogP contribution < -0.4 is 5.32 Å². The molecule has 2 unspecified atom stereocenters. The molecule has 2 atom stereocenters. The largest absolute Gasteiger partial charge is 0.378 e. The molecule has 3 nitrogen and oxygen atoms in total. The molecule has 2 heterocycles. The summed E-state index contributed by atoms with van der Waals surface area (Å²) in [4.78, 5) is 0. The molecule has 3 aliphatic rings. The minimum atomic E-state index is 0.291. The van der Waals surface area contributed by atoms with Crippen molar-refractivity contribution in [1.29, 1.82) is 0 Å². The lowest BCUT2D eigenvalue weighted by molar-refractivity contribution is -0.0357. The quantitative estimate of drug-likeness (QED) is 0.777. The maximum absolute atomic E-state index is 6.31. The van der Waals surface area contributed by atoms with Crippen molar-refractivity contribution < 1.29 is 9.47 Å². The van der Waals surface area contributed by atoms with E-state index in [0.29, 0.717) is 17.8 Å². The zero-order chi connectivity index (χ0) is 13.0. The third-order valence-electron chi connectivity index (χ3n) is 5.14. The normalized spacial score (nSPS) is 34.1. The van der Waals surface area contributed by atoms with Crippen LogP contribution in [-0.4, -0.2) is 37.5 Å². The average Bonchev–Trinajstić information content (AvgIpc) is 3.07. The van der Waals surface area contributed by atoms with Crippen molar-refractivity contribution in [2.24, 2.45) is 0 Å². The van der Waals surface area contributed by atoms with E-state index >= 15 is 0 Å². The van der Waals surface area contributed by atoms with E-state index in [1.165, 1.54) is 57.8 Å². The molecule has 2 saturated heterocycles. The number of hydrogen-bond acceptors (Lipinski definition) is 3. The zero-order valence-electron chi connectivity index (χ0n) is 12.2. The smallest absolute Gasteiger partial charge is 0.0708 e. The standard InChI is InChI=1S/C16H29NO2/c1-4-12-18-14(5-1)7-11-17-13-15-6-10-16(19-15)8-2-3-9-16/h14-15,17H,1-13H2. The molecule has 1 N–H and O–H groups in total. The summed E-state index contributed by atoms with van der Waals surface area (Å²) in [7, 11) is 0. The molecule has 19 heavy (non-hydrogen) atoms. The summed E-state index contributed by atoms with van der Waals surface area (Å²) in [5, 5.41) is 3.58. The summed E-state index contributed by atoms with van der Waals surface area (Å²) in [5.74, 6) is 0. The second-order valence-electron chi connectivity index (χ2n) is 6.65. The highest BCUT2D eigenvalue weighted by Gasteiger charge is 2.41. The minimum absolute atomic E-state index is 0.291. The van der Waals surface area contributed by atoms with Gasteiger partial charge in [-0.1, -0.05) is 12.8 Å². The molecule has 0 radical (unpaired) electrons. The molecular weight excluding hydrogens is 238 g/mol. The lowest BCUT2D eigenvalue weighted by Crippen LogP contribution is -2.33. The van der Waals surface area contributed by atoms with Crippen LogP contribution in [0.2, 0.25) is 0 Å². The molecular formula is C16H29NO2. The van der Waals surface area contributed by atoms with E-state index in [1.54, 1.807) is 0 Å². The number of hydrogen-bond donors (Lipinski definition) is 1. The SMILES string of the molecule is C1CCC(CCNCC2CCC3(CCCC3)O2)OC1. The van der Waals surface area contributed by atoms with E-state index < -0.39 is 0 Å². The van der Waals surface area contributed by atoms with Crippen molar-refractivity contribution in [2.75, 3.05) is 19.7 Å². The molecule has 2 aliphatic heterocycles. The van der Waals surface area contributed by atoms with Crippen LogP contribution in [0.5, 0.6) is 0 Å². The molecule has 0 aromatic carbocycles. The van der Waals surface area contributed by atoms with Crippen molar-refractivity contribution >= 4 is 0 Å². The highest BCUT2D eigenvalue weighted by molar-refractivity contribution is 4.93. The van der Waals surface area contributed by atoms with Crippen LogP contribution in [0.15, 0.2) is 0 Å². The summed E-state index contributed by atoms with van der Waals surface area (Å²) in [6, 6.07) is 0. The molecule has 3 fully saturated rings. The molecule has 1 spiro atoms. The van der Waals surface area contributed by atoms with Gasteiger partial charge in [0.1, 0.15) is 0 Å². The number of nitrogens with one attached hydrogen (secondary N) is 1. The summed E-state index contributed by atoms with van der Waals surface area (Å²) in [5.41, 5.74) is 0.291. The highest BCUT2D eigenvalue weighted by atomic mass is 16.5. The van der Waals surface area contributed by atoms with Gasteiger partial charge in [-0.05, 0) is 57.9 Å². The summed E-state index contributed by atoms with van der Waals surface area (Å²) in [6.07, 6.45) is 13.9. The van der Waals surface area contributed by atoms with Crippen LogP contribution in [0.1, 0.15) is 64.2 Å². The Morgan fingerprint density at radius 3 is 2.63 bits per heavy atom. The highest BCUT2D eigenvalue weighted by Crippen LogP contribution is 2.43. The summed E-state index contributed by atoms with van der Waals surface area (Å²) >= 11 is 0. The van der Waals surface area contributed by atoms with Crippen LogP contribution >= 0.6 is 0 Å². The average molecular weight is 267 g/mol. The van der Waals surface area contributed by atoms with Crippen LogP contribution in [0.25, 0.3) is 0 Å². The van der Waals surface area contributed by atoms with Gasteiger partial charge >= 0.3 is 0 Å². The second-order valence-corrected chi connectivity index (χ2v) is 6.65. The summed E-state index contributed by atoms with van der Waals surface area (Å²) in [6.45, 7) is 3.09. The third kappa shape index (κ3) is 3.71. The lowest BCUT2D eigenvalue weighted by Gasteiger charge is -2.25. The van der Waals surface area contributed by atoms with Gasteiger partial charge in [-0.2, -0.15) is 0 Å². The molecule has 3 heteroatoms. The fraction of sp³-hybridized carbons (Fsp3) is 1.00. The molecule has 0 bridgehead atoms. The van der Waals surface area contributed by atoms with Crippen LogP contribution in [0, 0.1) is 0 Å². The van der Waals surface area contributed by atoms with E-state index in [-0.39, 0.29) is 0 Å². The van der Waals surface area contributed by atoms with Gasteiger partial charge in [0, 0.05) is 13.2 Å².